The minimum Gasteiger partial charge on any atom is -0.0841 e. The highest BCUT2D eigenvalue weighted by Crippen LogP contribution is 2.23. The quantitative estimate of drug-likeness (QED) is 0.603. The van der Waals surface area contributed by atoms with Crippen molar-refractivity contribution < 1.29 is 0 Å². The van der Waals surface area contributed by atoms with Gasteiger partial charge in [-0.25, -0.2) is 0 Å². The fourth-order valence-electron chi connectivity index (χ4n) is 1.66. The Morgan fingerprint density at radius 1 is 1.38 bits per heavy atom. The van der Waals surface area contributed by atoms with Gasteiger partial charge < -0.3 is 0 Å². The van der Waals surface area contributed by atoms with Crippen LogP contribution in [0.2, 0.25) is 0 Å². The maximum Gasteiger partial charge on any atom is -0.00882 e. The third-order valence-electron chi connectivity index (χ3n) is 2.67. The fraction of sp³-hybridized carbons (Fsp3) is 0.231. The number of hydrogen-bond donors (Lipinski definition) is 0. The van der Waals surface area contributed by atoms with Crippen LogP contribution >= 0.6 is 0 Å². The summed E-state index contributed by atoms with van der Waals surface area (Å²) in [6.07, 6.45) is 7.69. The highest BCUT2D eigenvalue weighted by atomic mass is 14.1. The Bertz CT molecular complexity index is 381. The van der Waals surface area contributed by atoms with E-state index in [0.717, 1.165) is 6.42 Å². The van der Waals surface area contributed by atoms with Gasteiger partial charge in [-0.2, -0.15) is 0 Å². The molecule has 0 atom stereocenters. The Balaban J connectivity index is 2.46. The molecule has 0 radical (unpaired) electrons. The highest BCUT2D eigenvalue weighted by molar-refractivity contribution is 5.69. The van der Waals surface area contributed by atoms with Gasteiger partial charge in [0.1, 0.15) is 0 Å². The van der Waals surface area contributed by atoms with E-state index in [1.165, 1.54) is 22.3 Å². The molecular weight excluding hydrogens is 156 g/mol. The Kier molecular flexibility index (Phi) is 2.05. The summed E-state index contributed by atoms with van der Waals surface area (Å²) < 4.78 is 0. The molecule has 0 saturated heterocycles. The first-order chi connectivity index (χ1) is 6.31. The predicted octanol–water partition coefficient (Wildman–Crippen LogP) is 3.68. The van der Waals surface area contributed by atoms with Crippen LogP contribution in [0.25, 0.3) is 11.6 Å². The second-order valence-electron chi connectivity index (χ2n) is 3.49. The first-order valence-corrected chi connectivity index (χ1v) is 4.74. The first kappa shape index (κ1) is 8.31. The molecule has 1 aromatic rings. The maximum absolute atomic E-state index is 2.27. The zero-order valence-corrected chi connectivity index (χ0v) is 8.17. The molecule has 0 bridgehead atoms. The summed E-state index contributed by atoms with van der Waals surface area (Å²) in [4.78, 5) is 0. The highest BCUT2D eigenvalue weighted by Gasteiger charge is 2.05. The van der Waals surface area contributed by atoms with E-state index < -0.39 is 0 Å². The van der Waals surface area contributed by atoms with Crippen LogP contribution in [0.5, 0.6) is 0 Å². The third-order valence-corrected chi connectivity index (χ3v) is 2.67. The number of allylic oxidation sites excluding steroid dienone is 3. The molecular formula is C13H14. The Labute approximate surface area is 79.6 Å². The van der Waals surface area contributed by atoms with Crippen molar-refractivity contribution in [3.05, 3.63) is 47.0 Å². The van der Waals surface area contributed by atoms with E-state index in [2.05, 4.69) is 50.3 Å². The molecule has 66 valence electrons. The Morgan fingerprint density at radius 3 is 3.00 bits per heavy atom. The second-order valence-corrected chi connectivity index (χ2v) is 3.49. The van der Waals surface area contributed by atoms with Gasteiger partial charge >= 0.3 is 0 Å². The van der Waals surface area contributed by atoms with E-state index in [4.69, 9.17) is 0 Å². The Hall–Kier alpha value is -1.30. The molecule has 0 spiro atoms. The SMILES string of the molecule is C/C=C(\C)c1ccc2c(c1)C=CC2. The van der Waals surface area contributed by atoms with Crippen LogP contribution < -0.4 is 0 Å². The molecule has 0 saturated carbocycles. The van der Waals surface area contributed by atoms with Crippen molar-refractivity contribution in [3.63, 3.8) is 0 Å². The summed E-state index contributed by atoms with van der Waals surface area (Å²) in [5.74, 6) is 0. The molecule has 0 heteroatoms. The summed E-state index contributed by atoms with van der Waals surface area (Å²) >= 11 is 0. The minimum absolute atomic E-state index is 1.10. The van der Waals surface area contributed by atoms with Crippen molar-refractivity contribution in [2.24, 2.45) is 0 Å². The van der Waals surface area contributed by atoms with Crippen LogP contribution in [0.4, 0.5) is 0 Å². The van der Waals surface area contributed by atoms with E-state index >= 15 is 0 Å². The van der Waals surface area contributed by atoms with Crippen LogP contribution in [0.3, 0.4) is 0 Å². The van der Waals surface area contributed by atoms with Gasteiger partial charge in [0.15, 0.2) is 0 Å². The maximum atomic E-state index is 2.27. The van der Waals surface area contributed by atoms with E-state index in [0.29, 0.717) is 0 Å². The second kappa shape index (κ2) is 3.21. The molecule has 0 N–H and O–H groups in total. The molecule has 2 rings (SSSR count). The standard InChI is InChI=1S/C13H14/c1-3-10(2)12-8-7-11-5-4-6-13(11)9-12/h3-4,6-9H,5H2,1-2H3/b10-3+. The van der Waals surface area contributed by atoms with Crippen LogP contribution in [0, 0.1) is 0 Å². The van der Waals surface area contributed by atoms with E-state index in [9.17, 15) is 0 Å². The zero-order chi connectivity index (χ0) is 9.26. The lowest BCUT2D eigenvalue weighted by Gasteiger charge is -2.04. The van der Waals surface area contributed by atoms with Gasteiger partial charge in [-0.05, 0) is 48.6 Å². The zero-order valence-electron chi connectivity index (χ0n) is 8.17. The predicted molar refractivity (Wildman–Crippen MR) is 58.5 cm³/mol. The van der Waals surface area contributed by atoms with Gasteiger partial charge in [0.05, 0.1) is 0 Å². The summed E-state index contributed by atoms with van der Waals surface area (Å²) in [5.41, 5.74) is 5.53. The van der Waals surface area contributed by atoms with Crippen LogP contribution in [0.1, 0.15) is 30.5 Å². The molecule has 0 amide bonds. The van der Waals surface area contributed by atoms with Crippen LogP contribution in [0.15, 0.2) is 30.4 Å². The molecule has 1 aliphatic carbocycles. The third kappa shape index (κ3) is 1.44. The van der Waals surface area contributed by atoms with Crippen molar-refractivity contribution in [3.8, 4) is 0 Å². The summed E-state index contributed by atoms with van der Waals surface area (Å²) in [6.45, 7) is 4.23. The molecule has 13 heavy (non-hydrogen) atoms. The Morgan fingerprint density at radius 2 is 2.23 bits per heavy atom. The first-order valence-electron chi connectivity index (χ1n) is 4.74. The lowest BCUT2D eigenvalue weighted by atomic mass is 10.0. The number of hydrogen-bond acceptors (Lipinski definition) is 0. The molecule has 1 aromatic carbocycles. The normalized spacial score (nSPS) is 14.8. The van der Waals surface area contributed by atoms with Gasteiger partial charge in [-0.1, -0.05) is 30.4 Å². The van der Waals surface area contributed by atoms with E-state index in [-0.39, 0.29) is 0 Å². The van der Waals surface area contributed by atoms with Crippen molar-refractivity contribution in [1.29, 1.82) is 0 Å². The lowest BCUT2D eigenvalue weighted by molar-refractivity contribution is 1.30. The van der Waals surface area contributed by atoms with Gasteiger partial charge in [-0.3, -0.25) is 0 Å². The summed E-state index contributed by atoms with van der Waals surface area (Å²) in [5, 5.41) is 0. The van der Waals surface area contributed by atoms with Crippen molar-refractivity contribution >= 4 is 11.6 Å². The summed E-state index contributed by atoms with van der Waals surface area (Å²) in [6, 6.07) is 6.72. The molecule has 0 fully saturated rings. The number of rotatable bonds is 1. The van der Waals surface area contributed by atoms with Gasteiger partial charge in [0.2, 0.25) is 0 Å². The number of fused-ring (bicyclic) bond motifs is 1. The van der Waals surface area contributed by atoms with Crippen molar-refractivity contribution in [2.75, 3.05) is 0 Å². The summed E-state index contributed by atoms with van der Waals surface area (Å²) in [7, 11) is 0. The molecule has 1 aliphatic rings. The van der Waals surface area contributed by atoms with E-state index in [1.807, 2.05) is 0 Å². The monoisotopic (exact) mass is 170 g/mol. The molecule has 0 heterocycles. The lowest BCUT2D eigenvalue weighted by Crippen LogP contribution is -1.85. The molecule has 0 aliphatic heterocycles. The van der Waals surface area contributed by atoms with Gasteiger partial charge in [0.25, 0.3) is 0 Å². The van der Waals surface area contributed by atoms with Crippen molar-refractivity contribution in [2.45, 2.75) is 20.3 Å². The van der Waals surface area contributed by atoms with Crippen molar-refractivity contribution in [1.82, 2.24) is 0 Å². The van der Waals surface area contributed by atoms with Gasteiger partial charge in [-0.15, -0.1) is 0 Å². The average molecular weight is 170 g/mol. The van der Waals surface area contributed by atoms with Crippen LogP contribution in [-0.4, -0.2) is 0 Å². The average Bonchev–Trinajstić information content (AvgIpc) is 2.63. The minimum atomic E-state index is 1.10. The number of benzene rings is 1. The fourth-order valence-corrected chi connectivity index (χ4v) is 1.66. The van der Waals surface area contributed by atoms with E-state index in [1.54, 1.807) is 0 Å². The topological polar surface area (TPSA) is 0 Å². The molecule has 0 unspecified atom stereocenters. The smallest absolute Gasteiger partial charge is 0.00882 e. The molecule has 0 nitrogen and oxygen atoms in total. The van der Waals surface area contributed by atoms with Gasteiger partial charge in [0, 0.05) is 0 Å². The van der Waals surface area contributed by atoms with Crippen LogP contribution in [-0.2, 0) is 6.42 Å². The molecule has 0 aromatic heterocycles. The largest absolute Gasteiger partial charge is 0.0841 e.